The predicted molar refractivity (Wildman–Crippen MR) is 98.5 cm³/mol. The Balaban J connectivity index is 1.34. The van der Waals surface area contributed by atoms with Gasteiger partial charge in [-0.25, -0.2) is 0 Å². The summed E-state index contributed by atoms with van der Waals surface area (Å²) in [6.45, 7) is 8.04. The van der Waals surface area contributed by atoms with Crippen LogP contribution in [0.15, 0.2) is 4.52 Å². The Morgan fingerprint density at radius 2 is 1.92 bits per heavy atom. The van der Waals surface area contributed by atoms with E-state index in [9.17, 15) is 4.79 Å². The van der Waals surface area contributed by atoms with Gasteiger partial charge in [0.2, 0.25) is 11.8 Å². The average molecular weight is 361 g/mol. The minimum absolute atomic E-state index is 0.280. The van der Waals surface area contributed by atoms with Gasteiger partial charge in [-0.15, -0.1) is 0 Å². The molecule has 1 aromatic heterocycles. The third-order valence-corrected chi connectivity index (χ3v) is 6.72. The van der Waals surface area contributed by atoms with E-state index in [4.69, 9.17) is 4.52 Å². The number of amides is 1. The van der Waals surface area contributed by atoms with Crippen molar-refractivity contribution in [2.24, 2.45) is 5.41 Å². The molecule has 1 saturated carbocycles. The molecule has 1 spiro atoms. The summed E-state index contributed by atoms with van der Waals surface area (Å²) in [7, 11) is 0. The van der Waals surface area contributed by atoms with Gasteiger partial charge in [-0.2, -0.15) is 4.98 Å². The van der Waals surface area contributed by atoms with Gasteiger partial charge in [0.05, 0.1) is 6.54 Å². The summed E-state index contributed by atoms with van der Waals surface area (Å²) in [6.07, 6.45) is 9.18. The molecule has 3 fully saturated rings. The number of carbonyl (C=O) groups excluding carboxylic acids is 1. The van der Waals surface area contributed by atoms with Crippen LogP contribution in [0.2, 0.25) is 0 Å². The quantitative estimate of drug-likeness (QED) is 0.824. The van der Waals surface area contributed by atoms with Crippen LogP contribution in [-0.2, 0) is 11.3 Å². The first-order valence-electron chi connectivity index (χ1n) is 10.4. The second-order valence-electron chi connectivity index (χ2n) is 8.94. The fraction of sp³-hybridized carbons (Fsp3) is 0.850. The van der Waals surface area contributed by atoms with E-state index >= 15 is 0 Å². The number of hydrogen-bond acceptors (Lipinski definition) is 5. The van der Waals surface area contributed by atoms with Crippen molar-refractivity contribution in [2.45, 2.75) is 83.7 Å². The lowest BCUT2D eigenvalue weighted by Crippen LogP contribution is -2.53. The average Bonchev–Trinajstić information content (AvgIpc) is 3.31. The third kappa shape index (κ3) is 3.66. The lowest BCUT2D eigenvalue weighted by atomic mass is 9.72. The fourth-order valence-corrected chi connectivity index (χ4v) is 4.95. The van der Waals surface area contributed by atoms with Gasteiger partial charge in [0.25, 0.3) is 0 Å². The van der Waals surface area contributed by atoms with Gasteiger partial charge in [-0.1, -0.05) is 31.8 Å². The van der Waals surface area contributed by atoms with Gasteiger partial charge in [0.1, 0.15) is 0 Å². The molecule has 0 N–H and O–H groups in total. The summed E-state index contributed by atoms with van der Waals surface area (Å²) in [5, 5.41) is 4.13. The number of carbonyl (C=O) groups is 1. The van der Waals surface area contributed by atoms with Crippen LogP contribution >= 0.6 is 0 Å². The molecule has 1 aromatic rings. The molecular weight excluding hydrogens is 328 g/mol. The van der Waals surface area contributed by atoms with Gasteiger partial charge in [-0.05, 0) is 50.6 Å². The molecule has 0 atom stereocenters. The fourth-order valence-electron chi connectivity index (χ4n) is 4.95. The van der Waals surface area contributed by atoms with Crippen molar-refractivity contribution in [2.75, 3.05) is 19.6 Å². The highest BCUT2D eigenvalue weighted by Gasteiger charge is 2.43. The van der Waals surface area contributed by atoms with Crippen LogP contribution in [0, 0.1) is 5.41 Å². The molecule has 2 aliphatic heterocycles. The monoisotopic (exact) mass is 360 g/mol. The highest BCUT2D eigenvalue weighted by molar-refractivity contribution is 5.77. The van der Waals surface area contributed by atoms with Gasteiger partial charge in [0.15, 0.2) is 5.82 Å². The number of hydrogen-bond donors (Lipinski definition) is 0. The first kappa shape index (κ1) is 18.0. The number of likely N-dealkylation sites (tertiary alicyclic amines) is 2. The molecule has 6 nitrogen and oxygen atoms in total. The molecule has 1 amide bonds. The van der Waals surface area contributed by atoms with Gasteiger partial charge >= 0.3 is 0 Å². The summed E-state index contributed by atoms with van der Waals surface area (Å²) in [6, 6.07) is 0.520. The first-order chi connectivity index (χ1) is 12.5. The Kier molecular flexibility index (Phi) is 5.04. The van der Waals surface area contributed by atoms with Crippen molar-refractivity contribution in [3.63, 3.8) is 0 Å². The van der Waals surface area contributed by atoms with Crippen molar-refractivity contribution in [1.82, 2.24) is 19.9 Å². The maximum absolute atomic E-state index is 12.5. The number of piperidine rings is 2. The van der Waals surface area contributed by atoms with Crippen LogP contribution in [0.25, 0.3) is 0 Å². The molecule has 2 saturated heterocycles. The highest BCUT2D eigenvalue weighted by atomic mass is 16.5. The zero-order valence-electron chi connectivity index (χ0n) is 16.2. The van der Waals surface area contributed by atoms with E-state index in [2.05, 4.69) is 33.8 Å². The van der Waals surface area contributed by atoms with Gasteiger partial charge in [0, 0.05) is 24.9 Å². The van der Waals surface area contributed by atoms with E-state index < -0.39 is 0 Å². The molecule has 0 radical (unpaired) electrons. The Morgan fingerprint density at radius 3 is 2.58 bits per heavy atom. The Labute approximate surface area is 156 Å². The minimum atomic E-state index is 0.280. The molecule has 144 valence electrons. The largest absolute Gasteiger partial charge is 0.339 e. The Bertz CT molecular complexity index is 628. The molecule has 0 aromatic carbocycles. The normalized spacial score (nSPS) is 24.9. The maximum atomic E-state index is 12.5. The van der Waals surface area contributed by atoms with Crippen LogP contribution in [-0.4, -0.2) is 51.5 Å². The topological polar surface area (TPSA) is 62.5 Å². The van der Waals surface area contributed by atoms with Crippen molar-refractivity contribution >= 4 is 5.91 Å². The molecule has 4 rings (SSSR count). The second kappa shape index (κ2) is 7.29. The van der Waals surface area contributed by atoms with Crippen molar-refractivity contribution in [1.29, 1.82) is 0 Å². The summed E-state index contributed by atoms with van der Waals surface area (Å²) in [5.74, 6) is 2.21. The van der Waals surface area contributed by atoms with E-state index in [-0.39, 0.29) is 5.92 Å². The third-order valence-electron chi connectivity index (χ3n) is 6.72. The van der Waals surface area contributed by atoms with Crippen LogP contribution in [0.1, 0.15) is 82.8 Å². The molecule has 0 unspecified atom stereocenters. The number of rotatable bonds is 4. The molecular formula is C20H32N4O2. The van der Waals surface area contributed by atoms with Crippen LogP contribution < -0.4 is 0 Å². The summed E-state index contributed by atoms with van der Waals surface area (Å²) in [4.78, 5) is 21.7. The first-order valence-corrected chi connectivity index (χ1v) is 10.4. The second-order valence-corrected chi connectivity index (χ2v) is 8.94. The molecule has 3 aliphatic rings. The Morgan fingerprint density at radius 1 is 1.19 bits per heavy atom. The van der Waals surface area contributed by atoms with E-state index in [0.717, 1.165) is 50.7 Å². The lowest BCUT2D eigenvalue weighted by Gasteiger charge is -2.49. The molecule has 3 heterocycles. The molecule has 26 heavy (non-hydrogen) atoms. The van der Waals surface area contributed by atoms with Gasteiger partial charge < -0.3 is 9.42 Å². The summed E-state index contributed by atoms with van der Waals surface area (Å²) >= 11 is 0. The van der Waals surface area contributed by atoms with E-state index in [1.165, 1.54) is 38.5 Å². The van der Waals surface area contributed by atoms with E-state index in [0.29, 0.717) is 17.4 Å². The Hall–Kier alpha value is -1.43. The van der Waals surface area contributed by atoms with Crippen LogP contribution in [0.3, 0.4) is 0 Å². The van der Waals surface area contributed by atoms with Crippen molar-refractivity contribution in [3.8, 4) is 0 Å². The zero-order chi connectivity index (χ0) is 18.1. The smallest absolute Gasteiger partial charge is 0.229 e. The van der Waals surface area contributed by atoms with E-state index in [1.807, 2.05) is 0 Å². The van der Waals surface area contributed by atoms with Gasteiger partial charge in [-0.3, -0.25) is 9.69 Å². The lowest BCUT2D eigenvalue weighted by molar-refractivity contribution is -0.142. The molecule has 6 heteroatoms. The van der Waals surface area contributed by atoms with E-state index in [1.54, 1.807) is 0 Å². The predicted octanol–water partition coefficient (Wildman–Crippen LogP) is 3.34. The summed E-state index contributed by atoms with van der Waals surface area (Å²) < 4.78 is 5.33. The number of nitrogens with zero attached hydrogens (tertiary/aromatic N) is 4. The van der Waals surface area contributed by atoms with Crippen LogP contribution in [0.4, 0.5) is 0 Å². The number of aromatic nitrogens is 2. The highest BCUT2D eigenvalue weighted by Crippen LogP contribution is 2.42. The minimum Gasteiger partial charge on any atom is -0.339 e. The summed E-state index contributed by atoms with van der Waals surface area (Å²) in [5.41, 5.74) is 0.341. The maximum Gasteiger partial charge on any atom is 0.229 e. The van der Waals surface area contributed by atoms with Crippen LogP contribution in [0.5, 0.6) is 0 Å². The zero-order valence-corrected chi connectivity index (χ0v) is 16.2. The SMILES string of the molecule is CC(C)c1nc(CN2CCC3(CCC(=O)N(C4CCCC4)C3)CC2)no1. The molecule has 1 aliphatic carbocycles. The molecule has 0 bridgehead atoms. The standard InChI is InChI=1S/C20H32N4O2/c1-15(2)19-21-17(22-26-19)13-23-11-9-20(10-12-23)8-7-18(25)24(14-20)16-5-3-4-6-16/h15-16H,3-14H2,1-2H3. The van der Waals surface area contributed by atoms with Crippen molar-refractivity contribution < 1.29 is 9.32 Å². The van der Waals surface area contributed by atoms with Crippen molar-refractivity contribution in [3.05, 3.63) is 11.7 Å².